The van der Waals surface area contributed by atoms with Crippen LogP contribution in [0.4, 0.5) is 0 Å². The molecule has 0 aliphatic carbocycles. The van der Waals surface area contributed by atoms with E-state index in [4.69, 9.17) is 16.4 Å². The lowest BCUT2D eigenvalue weighted by Crippen LogP contribution is -2.51. The molecule has 2 aliphatic rings. The fourth-order valence-electron chi connectivity index (χ4n) is 4.28. The first-order valence-corrected chi connectivity index (χ1v) is 10.1. The minimum atomic E-state index is 0.0355. The number of halogens is 1. The quantitative estimate of drug-likeness (QED) is 0.790. The van der Waals surface area contributed by atoms with Gasteiger partial charge in [-0.3, -0.25) is 4.98 Å². The van der Waals surface area contributed by atoms with Crippen LogP contribution in [0.3, 0.4) is 0 Å². The summed E-state index contributed by atoms with van der Waals surface area (Å²) in [6.07, 6.45) is 5.01. The van der Waals surface area contributed by atoms with Crippen LogP contribution in [-0.4, -0.2) is 24.2 Å². The molecule has 2 aromatic rings. The van der Waals surface area contributed by atoms with Crippen LogP contribution < -0.4 is 10.8 Å². The number of rotatable bonds is 1. The van der Waals surface area contributed by atoms with Gasteiger partial charge in [0, 0.05) is 40.8 Å². The Hall–Kier alpha value is -0.980. The highest BCUT2D eigenvalue weighted by molar-refractivity contribution is 7.16. The Morgan fingerprint density at radius 1 is 1.36 bits per heavy atom. The van der Waals surface area contributed by atoms with E-state index in [1.54, 1.807) is 11.3 Å². The molecule has 4 heterocycles. The summed E-state index contributed by atoms with van der Waals surface area (Å²) in [7, 11) is 0. The molecular formula is C19H24ClN3OS. The van der Waals surface area contributed by atoms with Crippen molar-refractivity contribution in [3.63, 3.8) is 0 Å². The molecule has 1 fully saturated rings. The van der Waals surface area contributed by atoms with Gasteiger partial charge in [-0.2, -0.15) is 0 Å². The molecule has 25 heavy (non-hydrogen) atoms. The number of hydroxylamine groups is 1. The Balaban J connectivity index is 1.73. The molecule has 0 aromatic carbocycles. The number of pyridine rings is 1. The highest BCUT2D eigenvalue weighted by atomic mass is 35.5. The standard InChI is InChI=1S/C19H24ClN3OS/c1-12-3-4-15(10-21-12)16-9-19(8-13(2)23-16)11-22-24-6-5-14-7-17(20)25-18(14)19/h3-4,7,10,13,16,22-23H,5-6,8-9,11H2,1-2H3. The lowest BCUT2D eigenvalue weighted by molar-refractivity contribution is 0.0155. The van der Waals surface area contributed by atoms with Gasteiger partial charge in [0.05, 0.1) is 10.9 Å². The molecule has 0 amide bonds. The van der Waals surface area contributed by atoms with Crippen LogP contribution in [0.2, 0.25) is 4.34 Å². The van der Waals surface area contributed by atoms with Crippen molar-refractivity contribution in [2.75, 3.05) is 13.2 Å². The third-order valence-electron chi connectivity index (χ3n) is 5.36. The van der Waals surface area contributed by atoms with Gasteiger partial charge in [-0.15, -0.1) is 11.3 Å². The van der Waals surface area contributed by atoms with Crippen molar-refractivity contribution in [2.24, 2.45) is 0 Å². The van der Waals surface area contributed by atoms with Gasteiger partial charge in [-0.05, 0) is 56.4 Å². The number of hydrogen-bond donors (Lipinski definition) is 2. The summed E-state index contributed by atoms with van der Waals surface area (Å²) in [6.45, 7) is 5.80. The third kappa shape index (κ3) is 3.49. The number of nitrogens with one attached hydrogen (secondary N) is 2. The summed E-state index contributed by atoms with van der Waals surface area (Å²) in [6, 6.07) is 7.12. The molecule has 3 unspecified atom stereocenters. The minimum absolute atomic E-state index is 0.0355. The van der Waals surface area contributed by atoms with Crippen LogP contribution in [0.5, 0.6) is 0 Å². The molecular weight excluding hydrogens is 354 g/mol. The van der Waals surface area contributed by atoms with Crippen LogP contribution in [0.1, 0.15) is 47.5 Å². The number of aromatic nitrogens is 1. The normalized spacial score (nSPS) is 29.9. The summed E-state index contributed by atoms with van der Waals surface area (Å²) in [5.41, 5.74) is 6.91. The fraction of sp³-hybridized carbons (Fsp3) is 0.526. The van der Waals surface area contributed by atoms with Gasteiger partial charge in [-0.25, -0.2) is 5.48 Å². The van der Waals surface area contributed by atoms with E-state index < -0.39 is 0 Å². The Labute approximate surface area is 157 Å². The second kappa shape index (κ2) is 6.97. The monoisotopic (exact) mass is 377 g/mol. The first-order chi connectivity index (χ1) is 12.1. The molecule has 0 bridgehead atoms. The number of piperidine rings is 1. The zero-order chi connectivity index (χ0) is 17.4. The number of nitrogens with zero attached hydrogens (tertiary/aromatic N) is 1. The van der Waals surface area contributed by atoms with Crippen LogP contribution >= 0.6 is 22.9 Å². The zero-order valence-electron chi connectivity index (χ0n) is 14.6. The summed E-state index contributed by atoms with van der Waals surface area (Å²) in [5, 5.41) is 3.76. The van der Waals surface area contributed by atoms with E-state index in [-0.39, 0.29) is 11.5 Å². The smallest absolute Gasteiger partial charge is 0.0934 e. The first-order valence-electron chi connectivity index (χ1n) is 8.88. The maximum absolute atomic E-state index is 6.40. The topological polar surface area (TPSA) is 46.2 Å². The molecule has 4 rings (SSSR count). The Kier molecular flexibility index (Phi) is 4.86. The molecule has 1 saturated heterocycles. The first kappa shape index (κ1) is 17.4. The number of fused-ring (bicyclic) bond motifs is 2. The maximum atomic E-state index is 6.40. The van der Waals surface area contributed by atoms with E-state index in [0.29, 0.717) is 12.6 Å². The average molecular weight is 378 g/mol. The molecule has 4 nitrogen and oxygen atoms in total. The summed E-state index contributed by atoms with van der Waals surface area (Å²) in [5.74, 6) is 0. The van der Waals surface area contributed by atoms with Crippen molar-refractivity contribution in [2.45, 2.75) is 50.6 Å². The van der Waals surface area contributed by atoms with E-state index in [1.807, 2.05) is 13.1 Å². The van der Waals surface area contributed by atoms with E-state index in [2.05, 4.69) is 40.9 Å². The summed E-state index contributed by atoms with van der Waals surface area (Å²) in [4.78, 5) is 11.6. The molecule has 2 aliphatic heterocycles. The second-order valence-electron chi connectivity index (χ2n) is 7.37. The number of hydrogen-bond acceptors (Lipinski definition) is 5. The van der Waals surface area contributed by atoms with Crippen LogP contribution in [0.15, 0.2) is 24.4 Å². The lowest BCUT2D eigenvalue weighted by atomic mass is 9.70. The van der Waals surface area contributed by atoms with Gasteiger partial charge in [0.25, 0.3) is 0 Å². The number of aryl methyl sites for hydroxylation is 1. The minimum Gasteiger partial charge on any atom is -0.307 e. The Morgan fingerprint density at radius 3 is 3.04 bits per heavy atom. The van der Waals surface area contributed by atoms with Crippen molar-refractivity contribution in [1.82, 2.24) is 15.8 Å². The predicted molar refractivity (Wildman–Crippen MR) is 102 cm³/mol. The highest BCUT2D eigenvalue weighted by Crippen LogP contribution is 2.47. The van der Waals surface area contributed by atoms with E-state index >= 15 is 0 Å². The van der Waals surface area contributed by atoms with Crippen LogP contribution in [-0.2, 0) is 16.7 Å². The molecule has 134 valence electrons. The van der Waals surface area contributed by atoms with Crippen molar-refractivity contribution < 1.29 is 4.84 Å². The van der Waals surface area contributed by atoms with Crippen molar-refractivity contribution in [1.29, 1.82) is 0 Å². The van der Waals surface area contributed by atoms with Crippen molar-refractivity contribution >= 4 is 22.9 Å². The Morgan fingerprint density at radius 2 is 2.24 bits per heavy atom. The molecule has 1 spiro atoms. The van der Waals surface area contributed by atoms with Crippen LogP contribution in [0.25, 0.3) is 0 Å². The van der Waals surface area contributed by atoms with E-state index in [1.165, 1.54) is 16.0 Å². The van der Waals surface area contributed by atoms with Crippen molar-refractivity contribution in [3.8, 4) is 0 Å². The van der Waals surface area contributed by atoms with Crippen LogP contribution in [0, 0.1) is 6.92 Å². The average Bonchev–Trinajstić information content (AvgIpc) is 2.94. The molecule has 3 atom stereocenters. The van der Waals surface area contributed by atoms with E-state index in [0.717, 1.165) is 35.8 Å². The molecule has 0 saturated carbocycles. The van der Waals surface area contributed by atoms with E-state index in [9.17, 15) is 0 Å². The fourth-order valence-corrected chi connectivity index (χ4v) is 5.79. The third-order valence-corrected chi connectivity index (χ3v) is 6.91. The Bertz CT molecular complexity index is 748. The molecule has 2 aromatic heterocycles. The SMILES string of the molecule is Cc1ccc(C2CC3(CNOCCc4cc(Cl)sc43)CC(C)N2)cn1. The lowest BCUT2D eigenvalue weighted by Gasteiger charge is -2.45. The predicted octanol–water partition coefficient (Wildman–Crippen LogP) is 3.93. The van der Waals surface area contributed by atoms with Gasteiger partial charge < -0.3 is 10.2 Å². The summed E-state index contributed by atoms with van der Waals surface area (Å²) >= 11 is 8.15. The van der Waals surface area contributed by atoms with Gasteiger partial charge in [0.2, 0.25) is 0 Å². The number of thiophene rings is 1. The molecule has 6 heteroatoms. The highest BCUT2D eigenvalue weighted by Gasteiger charge is 2.43. The summed E-state index contributed by atoms with van der Waals surface area (Å²) < 4.78 is 0.881. The van der Waals surface area contributed by atoms with Gasteiger partial charge in [0.1, 0.15) is 0 Å². The largest absolute Gasteiger partial charge is 0.307 e. The van der Waals surface area contributed by atoms with Gasteiger partial charge in [-0.1, -0.05) is 17.7 Å². The van der Waals surface area contributed by atoms with Gasteiger partial charge in [0.15, 0.2) is 0 Å². The maximum Gasteiger partial charge on any atom is 0.0934 e. The second-order valence-corrected chi connectivity index (χ2v) is 9.05. The van der Waals surface area contributed by atoms with Gasteiger partial charge >= 0.3 is 0 Å². The van der Waals surface area contributed by atoms with Crippen molar-refractivity contribution in [3.05, 3.63) is 50.4 Å². The molecule has 2 N–H and O–H groups in total. The molecule has 0 radical (unpaired) electrons. The zero-order valence-corrected chi connectivity index (χ0v) is 16.2.